The molecule has 4 nitrogen and oxygen atoms in total. The Kier molecular flexibility index (Phi) is 3.81. The van der Waals surface area contributed by atoms with Crippen LogP contribution in [0.5, 0.6) is 11.5 Å². The van der Waals surface area contributed by atoms with Gasteiger partial charge in [0.25, 0.3) is 0 Å². The Balaban J connectivity index is 1.94. The normalized spacial score (nSPS) is 19.4. The number of ether oxygens (including phenoxy) is 2. The molecule has 1 aromatic heterocycles. The van der Waals surface area contributed by atoms with E-state index in [1.807, 2.05) is 12.1 Å². The van der Waals surface area contributed by atoms with Gasteiger partial charge in [-0.05, 0) is 46.9 Å². The van der Waals surface area contributed by atoms with Gasteiger partial charge in [-0.2, -0.15) is 11.3 Å². The highest BCUT2D eigenvalue weighted by atomic mass is 32.1. The van der Waals surface area contributed by atoms with Gasteiger partial charge >= 0.3 is 0 Å². The number of carbonyl (C=O) groups excluding carboxylic acids is 1. The van der Waals surface area contributed by atoms with Crippen molar-refractivity contribution in [2.45, 2.75) is 25.2 Å². The zero-order chi connectivity index (χ0) is 16.7. The molecule has 0 spiro atoms. The molecule has 0 fully saturated rings. The first-order valence-corrected chi connectivity index (χ1v) is 8.98. The number of Topliss-reactive ketones (excluding diaryl/α,β-unsaturated/α-hetero) is 1. The van der Waals surface area contributed by atoms with Crippen molar-refractivity contribution in [3.63, 3.8) is 0 Å². The first-order chi connectivity index (χ1) is 11.7. The van der Waals surface area contributed by atoms with E-state index < -0.39 is 0 Å². The van der Waals surface area contributed by atoms with Crippen LogP contribution in [0.15, 0.2) is 40.2 Å². The molecular weight excluding hydrogens is 322 g/mol. The molecule has 24 heavy (non-hydrogen) atoms. The lowest BCUT2D eigenvalue weighted by Gasteiger charge is -2.34. The minimum Gasteiger partial charge on any atom is -0.493 e. The first kappa shape index (κ1) is 15.3. The van der Waals surface area contributed by atoms with Crippen LogP contribution in [0, 0.1) is 0 Å². The molecule has 0 radical (unpaired) electrons. The van der Waals surface area contributed by atoms with Crippen LogP contribution in [0.25, 0.3) is 0 Å². The third-order valence-corrected chi connectivity index (χ3v) is 5.48. The maximum Gasteiger partial charge on any atom is 0.162 e. The van der Waals surface area contributed by atoms with Crippen LogP contribution >= 0.6 is 11.3 Å². The quantitative estimate of drug-likeness (QED) is 0.903. The smallest absolute Gasteiger partial charge is 0.162 e. The molecule has 5 heteroatoms. The highest BCUT2D eigenvalue weighted by Gasteiger charge is 2.36. The summed E-state index contributed by atoms with van der Waals surface area (Å²) >= 11 is 1.66. The predicted octanol–water partition coefficient (Wildman–Crippen LogP) is 4.33. The number of methoxy groups -OCH3 is 2. The summed E-state index contributed by atoms with van der Waals surface area (Å²) in [5.74, 6) is 1.60. The molecule has 0 unspecified atom stereocenters. The van der Waals surface area contributed by atoms with E-state index in [2.05, 4.69) is 22.1 Å². The van der Waals surface area contributed by atoms with Crippen molar-refractivity contribution in [1.82, 2.24) is 0 Å². The van der Waals surface area contributed by atoms with E-state index in [1.165, 1.54) is 0 Å². The molecule has 2 aromatic rings. The van der Waals surface area contributed by atoms with Gasteiger partial charge in [-0.3, -0.25) is 4.79 Å². The molecule has 1 aliphatic carbocycles. The van der Waals surface area contributed by atoms with E-state index >= 15 is 0 Å². The van der Waals surface area contributed by atoms with Crippen LogP contribution in [0.4, 0.5) is 5.69 Å². The fourth-order valence-electron chi connectivity index (χ4n) is 3.67. The van der Waals surface area contributed by atoms with Crippen LogP contribution < -0.4 is 14.8 Å². The zero-order valence-corrected chi connectivity index (χ0v) is 14.5. The largest absolute Gasteiger partial charge is 0.493 e. The molecule has 0 saturated carbocycles. The maximum absolute atomic E-state index is 12.7. The lowest BCUT2D eigenvalue weighted by molar-refractivity contribution is -0.116. The second-order valence-corrected chi connectivity index (χ2v) is 6.86. The molecular formula is C19H19NO3S. The monoisotopic (exact) mass is 341 g/mol. The second-order valence-electron chi connectivity index (χ2n) is 6.08. The minimum absolute atomic E-state index is 0.0323. The molecule has 0 bridgehead atoms. The van der Waals surface area contributed by atoms with Gasteiger partial charge in [-0.1, -0.05) is 0 Å². The van der Waals surface area contributed by atoms with Gasteiger partial charge in [0.05, 0.1) is 14.2 Å². The second kappa shape index (κ2) is 5.98. The highest BCUT2D eigenvalue weighted by molar-refractivity contribution is 7.08. The van der Waals surface area contributed by atoms with Crippen molar-refractivity contribution in [3.8, 4) is 11.5 Å². The van der Waals surface area contributed by atoms with E-state index in [4.69, 9.17) is 9.47 Å². The fourth-order valence-corrected chi connectivity index (χ4v) is 4.36. The number of allylic oxidation sites excluding steroid dienone is 2. The van der Waals surface area contributed by atoms with Crippen molar-refractivity contribution in [2.24, 2.45) is 0 Å². The van der Waals surface area contributed by atoms with Crippen molar-refractivity contribution in [1.29, 1.82) is 0 Å². The van der Waals surface area contributed by atoms with E-state index in [-0.39, 0.29) is 11.7 Å². The van der Waals surface area contributed by atoms with Gasteiger partial charge in [0.1, 0.15) is 0 Å². The molecule has 0 saturated heterocycles. The van der Waals surface area contributed by atoms with Gasteiger partial charge in [0.15, 0.2) is 17.3 Å². The summed E-state index contributed by atoms with van der Waals surface area (Å²) in [7, 11) is 3.27. The maximum atomic E-state index is 12.7. The minimum atomic E-state index is -0.0323. The van der Waals surface area contributed by atoms with Crippen LogP contribution in [0.1, 0.15) is 36.3 Å². The van der Waals surface area contributed by atoms with Crippen molar-refractivity contribution in [3.05, 3.63) is 51.4 Å². The molecule has 124 valence electrons. The lowest BCUT2D eigenvalue weighted by Crippen LogP contribution is -2.26. The Morgan fingerprint density at radius 2 is 1.96 bits per heavy atom. The van der Waals surface area contributed by atoms with Gasteiger partial charge in [0, 0.05) is 35.4 Å². The average Bonchev–Trinajstić information content (AvgIpc) is 3.13. The number of thiophene rings is 1. The number of fused-ring (bicyclic) bond motifs is 1. The Bertz CT molecular complexity index is 823. The zero-order valence-electron chi connectivity index (χ0n) is 13.7. The third-order valence-electron chi connectivity index (χ3n) is 4.77. The lowest BCUT2D eigenvalue weighted by atomic mass is 9.76. The Hall–Kier alpha value is -2.27. The number of rotatable bonds is 3. The summed E-state index contributed by atoms with van der Waals surface area (Å²) in [4.78, 5) is 12.7. The molecule has 2 aliphatic rings. The number of nitrogens with one attached hydrogen (secondary N) is 1. The molecule has 2 heterocycles. The van der Waals surface area contributed by atoms with Gasteiger partial charge in [-0.15, -0.1) is 0 Å². The van der Waals surface area contributed by atoms with Gasteiger partial charge in [0.2, 0.25) is 0 Å². The van der Waals surface area contributed by atoms with Crippen molar-refractivity contribution < 1.29 is 14.3 Å². The molecule has 1 aromatic carbocycles. The number of benzene rings is 1. The van der Waals surface area contributed by atoms with E-state index in [0.29, 0.717) is 17.9 Å². The first-order valence-electron chi connectivity index (χ1n) is 8.04. The number of hydrogen-bond acceptors (Lipinski definition) is 5. The Labute approximate surface area is 145 Å². The third kappa shape index (κ3) is 2.31. The van der Waals surface area contributed by atoms with Crippen LogP contribution in [-0.2, 0) is 4.79 Å². The Morgan fingerprint density at radius 3 is 2.67 bits per heavy atom. The molecule has 1 N–H and O–H groups in total. The summed E-state index contributed by atoms with van der Waals surface area (Å²) in [5.41, 5.74) is 5.21. The average molecular weight is 341 g/mol. The molecule has 0 amide bonds. The predicted molar refractivity (Wildman–Crippen MR) is 95.2 cm³/mol. The highest BCUT2D eigenvalue weighted by Crippen LogP contribution is 2.48. The van der Waals surface area contributed by atoms with Gasteiger partial charge < -0.3 is 14.8 Å². The number of anilines is 1. The van der Waals surface area contributed by atoms with Crippen molar-refractivity contribution in [2.75, 3.05) is 19.5 Å². The standard InChI is InChI=1S/C19H19NO3S/c1-22-16-8-12-14(9-17(16)23-2)20-13-4-3-5-15(21)19(13)18(12)11-6-7-24-10-11/h6-10,18,20H,3-5H2,1-2H3/t18-/m0/s1. The summed E-state index contributed by atoms with van der Waals surface area (Å²) in [5, 5.41) is 7.66. The van der Waals surface area contributed by atoms with E-state index in [0.717, 1.165) is 40.9 Å². The molecule has 1 atom stereocenters. The number of ketones is 1. The fraction of sp³-hybridized carbons (Fsp3) is 0.316. The van der Waals surface area contributed by atoms with Crippen LogP contribution in [0.3, 0.4) is 0 Å². The summed E-state index contributed by atoms with van der Waals surface area (Å²) in [6, 6.07) is 6.07. The summed E-state index contributed by atoms with van der Waals surface area (Å²) in [6.45, 7) is 0. The molecule has 4 rings (SSSR count). The molecule has 1 aliphatic heterocycles. The Morgan fingerprint density at radius 1 is 1.17 bits per heavy atom. The van der Waals surface area contributed by atoms with Crippen molar-refractivity contribution >= 4 is 22.8 Å². The summed E-state index contributed by atoms with van der Waals surface area (Å²) < 4.78 is 10.9. The van der Waals surface area contributed by atoms with Gasteiger partial charge in [-0.25, -0.2) is 0 Å². The van der Waals surface area contributed by atoms with E-state index in [1.54, 1.807) is 25.6 Å². The topological polar surface area (TPSA) is 47.6 Å². The summed E-state index contributed by atoms with van der Waals surface area (Å²) in [6.07, 6.45) is 2.45. The number of carbonyl (C=O) groups is 1. The van der Waals surface area contributed by atoms with Crippen LogP contribution in [-0.4, -0.2) is 20.0 Å². The number of hydrogen-bond donors (Lipinski definition) is 1. The SMILES string of the molecule is COc1cc2c(cc1OC)[C@H](c1ccsc1)C1=C(CCCC1=O)N2. The van der Waals surface area contributed by atoms with Crippen LogP contribution in [0.2, 0.25) is 0 Å². The van der Waals surface area contributed by atoms with E-state index in [9.17, 15) is 4.79 Å².